The van der Waals surface area contributed by atoms with Gasteiger partial charge in [0.15, 0.2) is 0 Å². The molecule has 1 aromatic rings. The second kappa shape index (κ2) is 5.39. The van der Waals surface area contributed by atoms with E-state index in [0.29, 0.717) is 11.3 Å². The summed E-state index contributed by atoms with van der Waals surface area (Å²) in [5.41, 5.74) is 7.28. The summed E-state index contributed by atoms with van der Waals surface area (Å²) in [6.07, 6.45) is 5.33. The van der Waals surface area contributed by atoms with Gasteiger partial charge in [-0.3, -0.25) is 10.2 Å². The minimum Gasteiger partial charge on any atom is -0.497 e. The molecule has 17 heavy (non-hydrogen) atoms. The van der Waals surface area contributed by atoms with Gasteiger partial charge in [-0.2, -0.15) is 0 Å². The third-order valence-electron chi connectivity index (χ3n) is 2.71. The maximum atomic E-state index is 11.8. The topological polar surface area (TPSA) is 50.4 Å². The zero-order valence-electron chi connectivity index (χ0n) is 9.82. The number of nitrogens with one attached hydrogen (secondary N) is 2. The van der Waals surface area contributed by atoms with Crippen molar-refractivity contribution in [2.24, 2.45) is 0 Å². The molecule has 1 aliphatic carbocycles. The monoisotopic (exact) mass is 232 g/mol. The lowest BCUT2D eigenvalue weighted by Gasteiger charge is -2.09. The van der Waals surface area contributed by atoms with E-state index in [4.69, 9.17) is 4.74 Å². The molecule has 4 heteroatoms. The molecule has 0 unspecified atom stereocenters. The molecule has 0 bridgehead atoms. The molecule has 1 amide bonds. The van der Waals surface area contributed by atoms with Gasteiger partial charge in [0.1, 0.15) is 5.75 Å². The van der Waals surface area contributed by atoms with E-state index in [9.17, 15) is 4.79 Å². The van der Waals surface area contributed by atoms with Crippen LogP contribution in [-0.2, 0) is 0 Å². The van der Waals surface area contributed by atoms with Gasteiger partial charge in [0.2, 0.25) is 0 Å². The molecule has 0 saturated heterocycles. The molecule has 0 fully saturated rings. The molecule has 1 aliphatic rings. The van der Waals surface area contributed by atoms with Crippen molar-refractivity contribution >= 4 is 5.91 Å². The van der Waals surface area contributed by atoms with Gasteiger partial charge >= 0.3 is 0 Å². The van der Waals surface area contributed by atoms with Crippen molar-refractivity contribution in [2.45, 2.75) is 19.3 Å². The molecule has 2 rings (SSSR count). The van der Waals surface area contributed by atoms with Crippen LogP contribution in [-0.4, -0.2) is 13.0 Å². The summed E-state index contributed by atoms with van der Waals surface area (Å²) >= 11 is 0. The van der Waals surface area contributed by atoms with Gasteiger partial charge in [-0.1, -0.05) is 12.1 Å². The molecule has 0 radical (unpaired) electrons. The number of hydrogen-bond acceptors (Lipinski definition) is 3. The Labute approximate surface area is 101 Å². The Morgan fingerprint density at radius 3 is 3.00 bits per heavy atom. The van der Waals surface area contributed by atoms with E-state index >= 15 is 0 Å². The van der Waals surface area contributed by atoms with Crippen LogP contribution < -0.4 is 15.6 Å². The Hall–Kier alpha value is -1.97. The van der Waals surface area contributed by atoms with Gasteiger partial charge in [0, 0.05) is 11.3 Å². The van der Waals surface area contributed by atoms with Crippen LogP contribution in [0.3, 0.4) is 0 Å². The van der Waals surface area contributed by atoms with Crippen molar-refractivity contribution in [2.75, 3.05) is 7.11 Å². The first kappa shape index (κ1) is 11.5. The van der Waals surface area contributed by atoms with E-state index in [1.165, 1.54) is 0 Å². The molecule has 2 N–H and O–H groups in total. The van der Waals surface area contributed by atoms with Crippen molar-refractivity contribution in [3.05, 3.63) is 41.6 Å². The number of rotatable bonds is 4. The van der Waals surface area contributed by atoms with Crippen molar-refractivity contribution < 1.29 is 9.53 Å². The number of carbonyl (C=O) groups excluding carboxylic acids is 1. The summed E-state index contributed by atoms with van der Waals surface area (Å²) in [6, 6.07) is 7.06. The highest BCUT2D eigenvalue weighted by molar-refractivity contribution is 5.94. The molecule has 90 valence electrons. The summed E-state index contributed by atoms with van der Waals surface area (Å²) < 4.78 is 5.07. The van der Waals surface area contributed by atoms with Crippen LogP contribution in [0, 0.1) is 0 Å². The third-order valence-corrected chi connectivity index (χ3v) is 2.71. The van der Waals surface area contributed by atoms with Crippen molar-refractivity contribution in [1.29, 1.82) is 0 Å². The van der Waals surface area contributed by atoms with Crippen molar-refractivity contribution in [3.8, 4) is 5.75 Å². The van der Waals surface area contributed by atoms with Crippen LogP contribution in [0.15, 0.2) is 36.0 Å². The Kier molecular flexibility index (Phi) is 3.65. The summed E-state index contributed by atoms with van der Waals surface area (Å²) in [7, 11) is 1.58. The lowest BCUT2D eigenvalue weighted by atomic mass is 10.2. The molecule has 0 heterocycles. The summed E-state index contributed by atoms with van der Waals surface area (Å²) in [6.45, 7) is 0. The van der Waals surface area contributed by atoms with E-state index < -0.39 is 0 Å². The Bertz CT molecular complexity index is 441. The minimum atomic E-state index is -0.156. The van der Waals surface area contributed by atoms with E-state index in [0.717, 1.165) is 25.0 Å². The normalized spacial score (nSPS) is 14.1. The van der Waals surface area contributed by atoms with E-state index in [1.54, 1.807) is 25.3 Å². The van der Waals surface area contributed by atoms with Crippen LogP contribution in [0.25, 0.3) is 0 Å². The fraction of sp³-hybridized carbons (Fsp3) is 0.308. The van der Waals surface area contributed by atoms with Crippen LogP contribution in [0.2, 0.25) is 0 Å². The number of hydrazine groups is 1. The number of carbonyl (C=O) groups is 1. The molecule has 0 saturated carbocycles. The molecule has 0 aromatic heterocycles. The zero-order valence-corrected chi connectivity index (χ0v) is 9.82. The largest absolute Gasteiger partial charge is 0.497 e. The van der Waals surface area contributed by atoms with E-state index in [1.807, 2.05) is 6.07 Å². The van der Waals surface area contributed by atoms with Gasteiger partial charge in [-0.05, 0) is 37.5 Å². The first-order valence-electron chi connectivity index (χ1n) is 5.69. The first-order valence-corrected chi connectivity index (χ1v) is 5.69. The van der Waals surface area contributed by atoms with Gasteiger partial charge in [0.05, 0.1) is 7.11 Å². The number of hydrogen-bond donors (Lipinski definition) is 2. The quantitative estimate of drug-likeness (QED) is 0.781. The molecule has 0 spiro atoms. The number of amides is 1. The molecular formula is C13H16N2O2. The fourth-order valence-corrected chi connectivity index (χ4v) is 1.76. The molecule has 0 aliphatic heterocycles. The second-order valence-electron chi connectivity index (χ2n) is 3.93. The summed E-state index contributed by atoms with van der Waals surface area (Å²) in [5, 5.41) is 0. The Balaban J connectivity index is 1.94. The van der Waals surface area contributed by atoms with E-state index in [-0.39, 0.29) is 5.91 Å². The highest BCUT2D eigenvalue weighted by atomic mass is 16.5. The number of allylic oxidation sites excluding steroid dienone is 2. The minimum absolute atomic E-state index is 0.156. The number of benzene rings is 1. The first-order chi connectivity index (χ1) is 8.29. The lowest BCUT2D eigenvalue weighted by molar-refractivity contribution is 0.0938. The summed E-state index contributed by atoms with van der Waals surface area (Å²) in [4.78, 5) is 11.8. The number of ether oxygens (including phenoxy) is 1. The smallest absolute Gasteiger partial charge is 0.269 e. The Morgan fingerprint density at radius 1 is 1.41 bits per heavy atom. The SMILES string of the molecule is COc1cccc(C(=O)NNC2=CCCC2)c1. The molecule has 4 nitrogen and oxygen atoms in total. The molecular weight excluding hydrogens is 216 g/mol. The highest BCUT2D eigenvalue weighted by Gasteiger charge is 2.08. The van der Waals surface area contributed by atoms with Crippen LogP contribution in [0.5, 0.6) is 5.75 Å². The third kappa shape index (κ3) is 3.00. The Morgan fingerprint density at radius 2 is 2.29 bits per heavy atom. The van der Waals surface area contributed by atoms with Gasteiger partial charge in [-0.15, -0.1) is 0 Å². The highest BCUT2D eigenvalue weighted by Crippen LogP contribution is 2.14. The second-order valence-corrected chi connectivity index (χ2v) is 3.93. The van der Waals surface area contributed by atoms with Crippen LogP contribution in [0.4, 0.5) is 0 Å². The van der Waals surface area contributed by atoms with E-state index in [2.05, 4.69) is 16.9 Å². The maximum absolute atomic E-state index is 11.8. The zero-order chi connectivity index (χ0) is 12.1. The van der Waals surface area contributed by atoms with Crippen LogP contribution >= 0.6 is 0 Å². The van der Waals surface area contributed by atoms with Gasteiger partial charge < -0.3 is 10.2 Å². The fourth-order valence-electron chi connectivity index (χ4n) is 1.76. The van der Waals surface area contributed by atoms with Gasteiger partial charge in [0.25, 0.3) is 5.91 Å². The van der Waals surface area contributed by atoms with Crippen LogP contribution in [0.1, 0.15) is 29.6 Å². The average Bonchev–Trinajstić information content (AvgIpc) is 2.89. The molecule has 1 aromatic carbocycles. The van der Waals surface area contributed by atoms with Gasteiger partial charge in [-0.25, -0.2) is 0 Å². The van der Waals surface area contributed by atoms with Crippen molar-refractivity contribution in [3.63, 3.8) is 0 Å². The maximum Gasteiger partial charge on any atom is 0.269 e. The average molecular weight is 232 g/mol. The summed E-state index contributed by atoms with van der Waals surface area (Å²) in [5.74, 6) is 0.523. The number of methoxy groups -OCH3 is 1. The van der Waals surface area contributed by atoms with Crippen molar-refractivity contribution in [1.82, 2.24) is 10.9 Å². The predicted molar refractivity (Wildman–Crippen MR) is 65.5 cm³/mol. The lowest BCUT2D eigenvalue weighted by Crippen LogP contribution is -2.36. The standard InChI is InChI=1S/C13H16N2O2/c1-17-12-8-4-5-10(9-12)13(16)15-14-11-6-2-3-7-11/h4-6,8-9,14H,2-3,7H2,1H3,(H,15,16). The predicted octanol–water partition coefficient (Wildman–Crippen LogP) is 2.00. The molecule has 0 atom stereocenters.